The molecular formula is C14H17BrN2OS. The first-order chi connectivity index (χ1) is 9.11. The zero-order valence-electron chi connectivity index (χ0n) is 11.2. The summed E-state index contributed by atoms with van der Waals surface area (Å²) >= 11 is 5.17. The molecule has 1 heterocycles. The molecule has 1 atom stereocenters. The molecule has 19 heavy (non-hydrogen) atoms. The minimum Gasteiger partial charge on any atom is -0.496 e. The Morgan fingerprint density at radius 3 is 2.74 bits per heavy atom. The van der Waals surface area contributed by atoms with Crippen molar-refractivity contribution < 1.29 is 4.74 Å². The van der Waals surface area contributed by atoms with Gasteiger partial charge in [0.15, 0.2) is 0 Å². The minimum absolute atomic E-state index is 0.0486. The van der Waals surface area contributed by atoms with E-state index in [1.165, 1.54) is 0 Å². The third-order valence-corrected chi connectivity index (χ3v) is 4.03. The number of halogens is 1. The van der Waals surface area contributed by atoms with Gasteiger partial charge in [-0.15, -0.1) is 11.3 Å². The SMILES string of the molecule is COc1ccc(Br)cc1C(NC(C)C)c1nccs1. The van der Waals surface area contributed by atoms with E-state index in [-0.39, 0.29) is 6.04 Å². The van der Waals surface area contributed by atoms with Crippen molar-refractivity contribution in [3.05, 3.63) is 44.8 Å². The van der Waals surface area contributed by atoms with Crippen LogP contribution in [0.5, 0.6) is 5.75 Å². The first-order valence-corrected chi connectivity index (χ1v) is 7.78. The van der Waals surface area contributed by atoms with E-state index in [1.807, 2.05) is 23.7 Å². The number of hydrogen-bond acceptors (Lipinski definition) is 4. The predicted octanol–water partition coefficient (Wildman–Crippen LogP) is 4.00. The fraction of sp³-hybridized carbons (Fsp3) is 0.357. The molecule has 1 unspecified atom stereocenters. The van der Waals surface area contributed by atoms with Crippen molar-refractivity contribution in [3.8, 4) is 5.75 Å². The van der Waals surface area contributed by atoms with Crippen LogP contribution in [0, 0.1) is 0 Å². The highest BCUT2D eigenvalue weighted by molar-refractivity contribution is 9.10. The summed E-state index contributed by atoms with van der Waals surface area (Å²) in [5, 5.41) is 6.59. The van der Waals surface area contributed by atoms with E-state index < -0.39 is 0 Å². The van der Waals surface area contributed by atoms with Crippen molar-refractivity contribution >= 4 is 27.3 Å². The van der Waals surface area contributed by atoms with E-state index in [0.717, 1.165) is 20.8 Å². The molecule has 1 aromatic carbocycles. The molecule has 0 aliphatic rings. The molecule has 0 radical (unpaired) electrons. The molecule has 2 aromatic rings. The van der Waals surface area contributed by atoms with Crippen molar-refractivity contribution in [2.45, 2.75) is 25.9 Å². The smallest absolute Gasteiger partial charge is 0.124 e. The summed E-state index contributed by atoms with van der Waals surface area (Å²) in [4.78, 5) is 4.44. The van der Waals surface area contributed by atoms with Crippen molar-refractivity contribution in [2.24, 2.45) is 0 Å². The molecule has 0 spiro atoms. The van der Waals surface area contributed by atoms with E-state index >= 15 is 0 Å². The van der Waals surface area contributed by atoms with Gasteiger partial charge in [-0.25, -0.2) is 4.98 Å². The Labute approximate surface area is 126 Å². The van der Waals surface area contributed by atoms with Crippen molar-refractivity contribution in [2.75, 3.05) is 7.11 Å². The Balaban J connectivity index is 2.45. The summed E-state index contributed by atoms with van der Waals surface area (Å²) in [5.41, 5.74) is 1.10. The monoisotopic (exact) mass is 340 g/mol. The Hall–Kier alpha value is -0.910. The highest BCUT2D eigenvalue weighted by atomic mass is 79.9. The Morgan fingerprint density at radius 1 is 1.37 bits per heavy atom. The van der Waals surface area contributed by atoms with Crippen LogP contribution >= 0.6 is 27.3 Å². The van der Waals surface area contributed by atoms with Gasteiger partial charge in [-0.05, 0) is 32.0 Å². The molecule has 0 fully saturated rings. The number of thiazole rings is 1. The second-order valence-corrected chi connectivity index (χ2v) is 6.35. The van der Waals surface area contributed by atoms with Crippen LogP contribution in [0.4, 0.5) is 0 Å². The fourth-order valence-electron chi connectivity index (χ4n) is 1.94. The number of rotatable bonds is 5. The first kappa shape index (κ1) is 14.5. The lowest BCUT2D eigenvalue weighted by molar-refractivity contribution is 0.400. The largest absolute Gasteiger partial charge is 0.496 e. The van der Waals surface area contributed by atoms with Crippen LogP contribution in [-0.4, -0.2) is 18.1 Å². The molecule has 0 saturated heterocycles. The number of methoxy groups -OCH3 is 1. The summed E-state index contributed by atoms with van der Waals surface area (Å²) in [7, 11) is 1.70. The third kappa shape index (κ3) is 3.55. The molecule has 3 nitrogen and oxygen atoms in total. The molecule has 0 aliphatic heterocycles. The average Bonchev–Trinajstić information content (AvgIpc) is 2.89. The maximum atomic E-state index is 5.48. The van der Waals surface area contributed by atoms with Gasteiger partial charge >= 0.3 is 0 Å². The molecule has 1 aromatic heterocycles. The van der Waals surface area contributed by atoms with Crippen LogP contribution in [0.3, 0.4) is 0 Å². The molecular weight excluding hydrogens is 324 g/mol. The summed E-state index contributed by atoms with van der Waals surface area (Å²) < 4.78 is 6.51. The van der Waals surface area contributed by atoms with E-state index in [4.69, 9.17) is 4.74 Å². The van der Waals surface area contributed by atoms with Gasteiger partial charge in [0.25, 0.3) is 0 Å². The van der Waals surface area contributed by atoms with Crippen LogP contribution in [0.1, 0.15) is 30.5 Å². The highest BCUT2D eigenvalue weighted by Crippen LogP contribution is 2.33. The van der Waals surface area contributed by atoms with Crippen LogP contribution in [-0.2, 0) is 0 Å². The predicted molar refractivity (Wildman–Crippen MR) is 82.9 cm³/mol. The second-order valence-electron chi connectivity index (χ2n) is 4.51. The molecule has 0 aliphatic carbocycles. The van der Waals surface area contributed by atoms with Gasteiger partial charge in [-0.1, -0.05) is 15.9 Å². The average molecular weight is 341 g/mol. The lowest BCUT2D eigenvalue weighted by Crippen LogP contribution is -2.29. The minimum atomic E-state index is 0.0486. The summed E-state index contributed by atoms with van der Waals surface area (Å²) in [6.45, 7) is 4.26. The highest BCUT2D eigenvalue weighted by Gasteiger charge is 2.21. The molecule has 5 heteroatoms. The van der Waals surface area contributed by atoms with Gasteiger partial charge in [0, 0.05) is 27.7 Å². The number of aromatic nitrogens is 1. The standard InChI is InChI=1S/C14H17BrN2OS/c1-9(2)17-13(14-16-6-7-19-14)11-8-10(15)4-5-12(11)18-3/h4-9,13,17H,1-3H3. The Morgan fingerprint density at radius 2 is 2.16 bits per heavy atom. The number of nitrogens with one attached hydrogen (secondary N) is 1. The molecule has 2 rings (SSSR count). The Bertz CT molecular complexity index is 528. The number of hydrogen-bond donors (Lipinski definition) is 1. The normalized spacial score (nSPS) is 12.7. The molecule has 0 saturated carbocycles. The fourth-order valence-corrected chi connectivity index (χ4v) is 3.03. The maximum Gasteiger partial charge on any atom is 0.124 e. The van der Waals surface area contributed by atoms with E-state index in [1.54, 1.807) is 18.4 Å². The van der Waals surface area contributed by atoms with E-state index in [0.29, 0.717) is 6.04 Å². The van der Waals surface area contributed by atoms with Crippen molar-refractivity contribution in [1.29, 1.82) is 0 Å². The number of ether oxygens (including phenoxy) is 1. The van der Waals surface area contributed by atoms with Gasteiger partial charge in [0.2, 0.25) is 0 Å². The van der Waals surface area contributed by atoms with Crippen molar-refractivity contribution in [1.82, 2.24) is 10.3 Å². The molecule has 0 bridgehead atoms. The van der Waals surface area contributed by atoms with Gasteiger partial charge in [-0.3, -0.25) is 0 Å². The zero-order chi connectivity index (χ0) is 13.8. The van der Waals surface area contributed by atoms with E-state index in [9.17, 15) is 0 Å². The summed E-state index contributed by atoms with van der Waals surface area (Å²) in [6, 6.07) is 6.45. The third-order valence-electron chi connectivity index (χ3n) is 2.70. The van der Waals surface area contributed by atoms with Gasteiger partial charge in [0.1, 0.15) is 10.8 Å². The maximum absolute atomic E-state index is 5.48. The van der Waals surface area contributed by atoms with Gasteiger partial charge < -0.3 is 10.1 Å². The number of benzene rings is 1. The van der Waals surface area contributed by atoms with Crippen LogP contribution in [0.2, 0.25) is 0 Å². The summed E-state index contributed by atoms with van der Waals surface area (Å²) in [5.74, 6) is 0.872. The van der Waals surface area contributed by atoms with Crippen LogP contribution < -0.4 is 10.1 Å². The quantitative estimate of drug-likeness (QED) is 0.893. The van der Waals surface area contributed by atoms with Crippen molar-refractivity contribution in [3.63, 3.8) is 0 Å². The topological polar surface area (TPSA) is 34.1 Å². The first-order valence-electron chi connectivity index (χ1n) is 6.10. The van der Waals surface area contributed by atoms with Gasteiger partial charge in [0.05, 0.1) is 13.2 Å². The second kappa shape index (κ2) is 6.50. The lowest BCUT2D eigenvalue weighted by Gasteiger charge is -2.22. The zero-order valence-corrected chi connectivity index (χ0v) is 13.6. The van der Waals surface area contributed by atoms with Gasteiger partial charge in [-0.2, -0.15) is 0 Å². The number of nitrogens with zero attached hydrogens (tertiary/aromatic N) is 1. The summed E-state index contributed by atoms with van der Waals surface area (Å²) in [6.07, 6.45) is 1.83. The van der Waals surface area contributed by atoms with Crippen LogP contribution in [0.25, 0.3) is 0 Å². The molecule has 1 N–H and O–H groups in total. The molecule has 102 valence electrons. The van der Waals surface area contributed by atoms with E-state index in [2.05, 4.69) is 46.1 Å². The van der Waals surface area contributed by atoms with Crippen LogP contribution in [0.15, 0.2) is 34.2 Å². The Kier molecular flexibility index (Phi) is 4.96. The molecule has 0 amide bonds. The lowest BCUT2D eigenvalue weighted by atomic mass is 10.1.